The maximum absolute atomic E-state index is 11.2. The summed E-state index contributed by atoms with van der Waals surface area (Å²) in [5, 5.41) is 10.0. The molecule has 2 aromatic rings. The first kappa shape index (κ1) is 11.8. The number of carboxylic acids is 1. The van der Waals surface area contributed by atoms with E-state index < -0.39 is 5.97 Å². The average Bonchev–Trinajstić information content (AvgIpc) is 2.60. The molecule has 2 rings (SSSR count). The van der Waals surface area contributed by atoms with Gasteiger partial charge in [-0.3, -0.25) is 0 Å². The van der Waals surface area contributed by atoms with Crippen molar-refractivity contribution < 1.29 is 14.6 Å². The summed E-state index contributed by atoms with van der Waals surface area (Å²) in [4.78, 5) is 11.2. The van der Waals surface area contributed by atoms with E-state index in [9.17, 15) is 9.90 Å². The Morgan fingerprint density at radius 2 is 2.24 bits per heavy atom. The number of nitrogens with zero attached hydrogens (tertiary/aromatic N) is 1. The van der Waals surface area contributed by atoms with Gasteiger partial charge in [0.05, 0.1) is 12.6 Å². The molecule has 0 amide bonds. The number of hydrogen-bond donors (Lipinski definition) is 1. The summed E-state index contributed by atoms with van der Waals surface area (Å²) in [5.74, 6) is -0.404. The van der Waals surface area contributed by atoms with Crippen LogP contribution in [0.4, 0.5) is 0 Å². The largest absolute Gasteiger partial charge is 0.495 e. The highest BCUT2D eigenvalue weighted by molar-refractivity contribution is 6.35. The molecule has 0 bridgehead atoms. The van der Waals surface area contributed by atoms with E-state index in [0.717, 1.165) is 5.52 Å². The van der Waals surface area contributed by atoms with Crippen LogP contribution in [-0.2, 0) is 6.54 Å². The molecule has 1 heterocycles. The predicted molar refractivity (Wildman–Crippen MR) is 66.1 cm³/mol. The third-order valence-electron chi connectivity index (χ3n) is 2.73. The highest BCUT2D eigenvalue weighted by Gasteiger charge is 2.22. The summed E-state index contributed by atoms with van der Waals surface area (Å²) >= 11 is 6.10. The SMILES string of the molecule is CCn1c(Cl)c(C(=O)O)c2cccc(OC)c21. The van der Waals surface area contributed by atoms with Crippen LogP contribution in [0.5, 0.6) is 5.75 Å². The number of aromatic carboxylic acids is 1. The van der Waals surface area contributed by atoms with E-state index in [4.69, 9.17) is 16.3 Å². The van der Waals surface area contributed by atoms with Gasteiger partial charge in [-0.05, 0) is 13.0 Å². The van der Waals surface area contributed by atoms with E-state index in [1.807, 2.05) is 6.92 Å². The number of rotatable bonds is 3. The fraction of sp³-hybridized carbons (Fsp3) is 0.250. The third-order valence-corrected chi connectivity index (χ3v) is 3.12. The molecule has 1 N–H and O–H groups in total. The first-order valence-corrected chi connectivity index (χ1v) is 5.57. The Bertz CT molecular complexity index is 589. The fourth-order valence-corrected chi connectivity index (χ4v) is 2.40. The fourth-order valence-electron chi connectivity index (χ4n) is 2.01. The lowest BCUT2D eigenvalue weighted by atomic mass is 10.1. The molecule has 5 heteroatoms. The summed E-state index contributed by atoms with van der Waals surface area (Å²) in [5.41, 5.74) is 0.849. The number of carbonyl (C=O) groups is 1. The lowest BCUT2D eigenvalue weighted by molar-refractivity contribution is 0.0699. The number of carboxylic acid groups (broad SMARTS) is 1. The van der Waals surface area contributed by atoms with Gasteiger partial charge in [-0.25, -0.2) is 4.79 Å². The van der Waals surface area contributed by atoms with Crippen LogP contribution in [-0.4, -0.2) is 22.8 Å². The van der Waals surface area contributed by atoms with Crippen molar-refractivity contribution in [1.29, 1.82) is 0 Å². The standard InChI is InChI=1S/C12H12ClNO3/c1-3-14-10-7(5-4-6-8(10)17-2)9(11(14)13)12(15)16/h4-6H,3H2,1-2H3,(H,15,16). The highest BCUT2D eigenvalue weighted by Crippen LogP contribution is 2.35. The summed E-state index contributed by atoms with van der Waals surface area (Å²) in [6, 6.07) is 5.28. The smallest absolute Gasteiger partial charge is 0.339 e. The minimum atomic E-state index is -1.03. The second-order valence-electron chi connectivity index (χ2n) is 3.57. The van der Waals surface area contributed by atoms with Gasteiger partial charge in [0.25, 0.3) is 0 Å². The van der Waals surface area contributed by atoms with Gasteiger partial charge in [0.15, 0.2) is 0 Å². The molecule has 0 saturated carbocycles. The lowest BCUT2D eigenvalue weighted by Crippen LogP contribution is -1.98. The Labute approximate surface area is 103 Å². The van der Waals surface area contributed by atoms with Crippen LogP contribution < -0.4 is 4.74 Å². The van der Waals surface area contributed by atoms with Crippen LogP contribution >= 0.6 is 11.6 Å². The van der Waals surface area contributed by atoms with Gasteiger partial charge in [-0.1, -0.05) is 23.7 Å². The molecule has 0 atom stereocenters. The maximum atomic E-state index is 11.2. The van der Waals surface area contributed by atoms with Gasteiger partial charge in [0.2, 0.25) is 0 Å². The Morgan fingerprint density at radius 3 is 2.76 bits per heavy atom. The van der Waals surface area contributed by atoms with Crippen LogP contribution in [0.3, 0.4) is 0 Å². The van der Waals surface area contributed by atoms with Crippen molar-refractivity contribution in [1.82, 2.24) is 4.57 Å². The zero-order valence-electron chi connectivity index (χ0n) is 9.53. The Hall–Kier alpha value is -1.68. The van der Waals surface area contributed by atoms with Crippen LogP contribution in [0.1, 0.15) is 17.3 Å². The monoisotopic (exact) mass is 253 g/mol. The zero-order chi connectivity index (χ0) is 12.6. The van der Waals surface area contributed by atoms with Gasteiger partial charge in [-0.15, -0.1) is 0 Å². The third kappa shape index (κ3) is 1.65. The van der Waals surface area contributed by atoms with Crippen LogP contribution in [0.25, 0.3) is 10.9 Å². The lowest BCUT2D eigenvalue weighted by Gasteiger charge is -2.06. The topological polar surface area (TPSA) is 51.5 Å². The molecule has 0 aliphatic heterocycles. The van der Waals surface area contributed by atoms with E-state index >= 15 is 0 Å². The van der Waals surface area contributed by atoms with Crippen LogP contribution in [0.2, 0.25) is 5.15 Å². The number of para-hydroxylation sites is 1. The normalized spacial score (nSPS) is 10.8. The molecule has 0 aliphatic carbocycles. The number of benzene rings is 1. The van der Waals surface area contributed by atoms with Gasteiger partial charge < -0.3 is 14.4 Å². The Balaban J connectivity index is 2.95. The number of hydrogen-bond acceptors (Lipinski definition) is 2. The number of fused-ring (bicyclic) bond motifs is 1. The van der Waals surface area contributed by atoms with E-state index in [0.29, 0.717) is 17.7 Å². The number of ether oxygens (including phenoxy) is 1. The van der Waals surface area contributed by atoms with Crippen LogP contribution in [0.15, 0.2) is 18.2 Å². The Morgan fingerprint density at radius 1 is 1.53 bits per heavy atom. The molecule has 17 heavy (non-hydrogen) atoms. The van der Waals surface area contributed by atoms with E-state index in [-0.39, 0.29) is 10.7 Å². The van der Waals surface area contributed by atoms with E-state index in [1.165, 1.54) is 0 Å². The summed E-state index contributed by atoms with van der Waals surface area (Å²) in [7, 11) is 1.55. The molecule has 90 valence electrons. The predicted octanol–water partition coefficient (Wildman–Crippen LogP) is 3.02. The van der Waals surface area contributed by atoms with Crippen molar-refractivity contribution in [3.8, 4) is 5.75 Å². The molecule has 0 fully saturated rings. The molecular formula is C12H12ClNO3. The Kier molecular flexibility index (Phi) is 2.98. The van der Waals surface area contributed by atoms with Gasteiger partial charge >= 0.3 is 5.97 Å². The first-order valence-electron chi connectivity index (χ1n) is 5.19. The van der Waals surface area contributed by atoms with Crippen LogP contribution in [0, 0.1) is 0 Å². The molecule has 0 unspecified atom stereocenters. The summed E-state index contributed by atoms with van der Waals surface area (Å²) in [6.45, 7) is 2.49. The minimum Gasteiger partial charge on any atom is -0.495 e. The van der Waals surface area contributed by atoms with Crippen molar-refractivity contribution in [2.24, 2.45) is 0 Å². The molecule has 0 aliphatic rings. The minimum absolute atomic E-state index is 0.127. The quantitative estimate of drug-likeness (QED) is 0.915. The van der Waals surface area contributed by atoms with Crippen molar-refractivity contribution >= 4 is 28.5 Å². The van der Waals surface area contributed by atoms with Gasteiger partial charge in [0.1, 0.15) is 16.5 Å². The molecule has 0 saturated heterocycles. The number of aromatic nitrogens is 1. The first-order chi connectivity index (χ1) is 8.11. The molecule has 1 aromatic heterocycles. The number of halogens is 1. The number of aryl methyl sites for hydroxylation is 1. The maximum Gasteiger partial charge on any atom is 0.339 e. The molecular weight excluding hydrogens is 242 g/mol. The zero-order valence-corrected chi connectivity index (χ0v) is 10.3. The van der Waals surface area contributed by atoms with E-state index in [1.54, 1.807) is 29.9 Å². The second kappa shape index (κ2) is 4.30. The summed E-state index contributed by atoms with van der Waals surface area (Å²) in [6.07, 6.45) is 0. The van der Waals surface area contributed by atoms with Crippen molar-refractivity contribution in [2.75, 3.05) is 7.11 Å². The van der Waals surface area contributed by atoms with Crippen molar-refractivity contribution in [3.63, 3.8) is 0 Å². The molecule has 0 spiro atoms. The average molecular weight is 254 g/mol. The van der Waals surface area contributed by atoms with Gasteiger partial charge in [-0.2, -0.15) is 0 Å². The van der Waals surface area contributed by atoms with Crippen molar-refractivity contribution in [3.05, 3.63) is 28.9 Å². The highest BCUT2D eigenvalue weighted by atomic mass is 35.5. The molecule has 4 nitrogen and oxygen atoms in total. The second-order valence-corrected chi connectivity index (χ2v) is 3.93. The van der Waals surface area contributed by atoms with E-state index in [2.05, 4.69) is 0 Å². The van der Waals surface area contributed by atoms with Crippen molar-refractivity contribution in [2.45, 2.75) is 13.5 Å². The molecule has 1 aromatic carbocycles. The summed E-state index contributed by atoms with van der Waals surface area (Å²) < 4.78 is 6.98. The molecule has 0 radical (unpaired) electrons. The van der Waals surface area contributed by atoms with Gasteiger partial charge in [0, 0.05) is 11.9 Å². The number of methoxy groups -OCH3 is 1.